The zero-order valence-corrected chi connectivity index (χ0v) is 20.6. The van der Waals surface area contributed by atoms with Crippen LogP contribution in [0.25, 0.3) is 11.3 Å². The summed E-state index contributed by atoms with van der Waals surface area (Å²) in [6.45, 7) is 12.0. The molecule has 0 bridgehead atoms. The highest BCUT2D eigenvalue weighted by molar-refractivity contribution is 8.00. The van der Waals surface area contributed by atoms with Crippen molar-refractivity contribution in [2.24, 2.45) is 0 Å². The normalized spacial score (nSPS) is 12.2. The van der Waals surface area contributed by atoms with E-state index < -0.39 is 10.8 Å². The fourth-order valence-electron chi connectivity index (χ4n) is 3.27. The molecule has 0 fully saturated rings. The maximum absolute atomic E-state index is 12.8. The lowest BCUT2D eigenvalue weighted by Crippen LogP contribution is -2.24. The fraction of sp³-hybridized carbons (Fsp3) is 0.308. The molecule has 0 saturated carbocycles. The van der Waals surface area contributed by atoms with Crippen LogP contribution in [0.5, 0.6) is 0 Å². The largest absolute Gasteiger partial charge is 0.325 e. The maximum Gasteiger partial charge on any atom is 0.270 e. The predicted molar refractivity (Wildman–Crippen MR) is 134 cm³/mol. The predicted octanol–water partition coefficient (Wildman–Crippen LogP) is 5.34. The molecule has 170 valence electrons. The van der Waals surface area contributed by atoms with E-state index >= 15 is 0 Å². The van der Waals surface area contributed by atoms with E-state index in [2.05, 4.69) is 36.1 Å². The zero-order chi connectivity index (χ0) is 24.3. The van der Waals surface area contributed by atoms with Gasteiger partial charge >= 0.3 is 0 Å². The second kappa shape index (κ2) is 9.63. The number of anilines is 1. The standard InChI is InChI=1S/C26H28N4O2S/c1-15-7-8-16(2)21(13-15)28-23(31)17(3)33-25-29-22(20(14-27)24(32)30-25)18-9-11-19(12-10-18)26(4,5)6/h7-13,17H,1-6H3,(H,28,31)(H,29,30,32). The third kappa shape index (κ3) is 5.71. The van der Waals surface area contributed by atoms with Gasteiger partial charge in [-0.2, -0.15) is 5.26 Å². The van der Waals surface area contributed by atoms with Crippen LogP contribution in [0.15, 0.2) is 52.4 Å². The molecule has 7 heteroatoms. The quantitative estimate of drug-likeness (QED) is 0.395. The van der Waals surface area contributed by atoms with Crippen molar-refractivity contribution >= 4 is 23.4 Å². The Labute approximate surface area is 198 Å². The van der Waals surface area contributed by atoms with Gasteiger partial charge in [-0.25, -0.2) is 4.98 Å². The van der Waals surface area contributed by atoms with E-state index in [0.29, 0.717) is 11.3 Å². The average Bonchev–Trinajstić information content (AvgIpc) is 2.75. The SMILES string of the molecule is Cc1ccc(C)c(NC(=O)C(C)Sc2nc(-c3ccc(C(C)(C)C)cc3)c(C#N)c(=O)[nH]2)c1. The first-order valence-electron chi connectivity index (χ1n) is 10.7. The first kappa shape index (κ1) is 24.3. The van der Waals surface area contributed by atoms with Gasteiger partial charge in [0.05, 0.1) is 10.9 Å². The molecule has 6 nitrogen and oxygen atoms in total. The van der Waals surface area contributed by atoms with Crippen LogP contribution >= 0.6 is 11.8 Å². The summed E-state index contributed by atoms with van der Waals surface area (Å²) in [6.07, 6.45) is 0. The number of benzene rings is 2. The Morgan fingerprint density at radius 1 is 1.15 bits per heavy atom. The second-order valence-electron chi connectivity index (χ2n) is 9.10. The molecule has 1 unspecified atom stereocenters. The lowest BCUT2D eigenvalue weighted by Gasteiger charge is -2.19. The van der Waals surface area contributed by atoms with Gasteiger partial charge in [0.25, 0.3) is 5.56 Å². The van der Waals surface area contributed by atoms with Crippen molar-refractivity contribution in [1.29, 1.82) is 5.26 Å². The van der Waals surface area contributed by atoms with Crippen LogP contribution in [-0.4, -0.2) is 21.1 Å². The van der Waals surface area contributed by atoms with Crippen molar-refractivity contribution < 1.29 is 4.79 Å². The first-order valence-corrected chi connectivity index (χ1v) is 11.6. The van der Waals surface area contributed by atoms with Gasteiger partial charge < -0.3 is 10.3 Å². The van der Waals surface area contributed by atoms with Gasteiger partial charge in [0, 0.05) is 11.3 Å². The van der Waals surface area contributed by atoms with Crippen LogP contribution in [-0.2, 0) is 10.2 Å². The monoisotopic (exact) mass is 460 g/mol. The summed E-state index contributed by atoms with van der Waals surface area (Å²) in [5.41, 5.74) is 4.33. The van der Waals surface area contributed by atoms with Crippen molar-refractivity contribution in [3.05, 3.63) is 75.1 Å². The summed E-state index contributed by atoms with van der Waals surface area (Å²) >= 11 is 1.14. The summed E-state index contributed by atoms with van der Waals surface area (Å²) in [4.78, 5) is 32.5. The van der Waals surface area contributed by atoms with E-state index in [9.17, 15) is 14.9 Å². The van der Waals surface area contributed by atoms with E-state index in [1.54, 1.807) is 6.92 Å². The number of amides is 1. The van der Waals surface area contributed by atoms with Crippen molar-refractivity contribution in [2.75, 3.05) is 5.32 Å². The summed E-state index contributed by atoms with van der Waals surface area (Å²) in [7, 11) is 0. The fourth-order valence-corrected chi connectivity index (χ4v) is 4.07. The first-order chi connectivity index (χ1) is 15.5. The summed E-state index contributed by atoms with van der Waals surface area (Å²) in [5.74, 6) is -0.197. The van der Waals surface area contributed by atoms with Crippen LogP contribution in [0, 0.1) is 25.2 Å². The van der Waals surface area contributed by atoms with E-state index in [1.807, 2.05) is 62.4 Å². The summed E-state index contributed by atoms with van der Waals surface area (Å²) in [5, 5.41) is 12.3. The number of thioether (sulfide) groups is 1. The van der Waals surface area contributed by atoms with Gasteiger partial charge in [-0.3, -0.25) is 9.59 Å². The van der Waals surface area contributed by atoms with Crippen LogP contribution in [0.1, 0.15) is 49.9 Å². The highest BCUT2D eigenvalue weighted by Gasteiger charge is 2.20. The number of hydrogen-bond acceptors (Lipinski definition) is 5. The van der Waals surface area contributed by atoms with Crippen LogP contribution in [0.2, 0.25) is 0 Å². The molecule has 0 radical (unpaired) electrons. The van der Waals surface area contributed by atoms with Gasteiger partial charge in [0.2, 0.25) is 5.91 Å². The van der Waals surface area contributed by atoms with Crippen molar-refractivity contribution in [1.82, 2.24) is 9.97 Å². The molecule has 0 aliphatic carbocycles. The maximum atomic E-state index is 12.8. The van der Waals surface area contributed by atoms with Gasteiger partial charge in [-0.15, -0.1) is 0 Å². The van der Waals surface area contributed by atoms with Crippen LogP contribution < -0.4 is 10.9 Å². The molecular weight excluding hydrogens is 432 g/mol. The molecule has 3 aromatic rings. The molecule has 1 amide bonds. The van der Waals surface area contributed by atoms with Gasteiger partial charge in [0.15, 0.2) is 5.16 Å². The number of nitrogens with zero attached hydrogens (tertiary/aromatic N) is 2. The smallest absolute Gasteiger partial charge is 0.270 e. The third-order valence-electron chi connectivity index (χ3n) is 5.34. The van der Waals surface area contributed by atoms with Crippen molar-refractivity contribution in [2.45, 2.75) is 57.4 Å². The number of carbonyl (C=O) groups is 1. The molecule has 2 N–H and O–H groups in total. The van der Waals surface area contributed by atoms with Gasteiger partial charge in [-0.05, 0) is 48.9 Å². The number of rotatable bonds is 5. The Morgan fingerprint density at radius 3 is 2.42 bits per heavy atom. The highest BCUT2D eigenvalue weighted by Crippen LogP contribution is 2.28. The van der Waals surface area contributed by atoms with E-state index in [1.165, 1.54) is 0 Å². The summed E-state index contributed by atoms with van der Waals surface area (Å²) in [6, 6.07) is 15.5. The molecular formula is C26H28N4O2S. The Morgan fingerprint density at radius 2 is 1.82 bits per heavy atom. The number of hydrogen-bond donors (Lipinski definition) is 2. The molecule has 1 heterocycles. The minimum absolute atomic E-state index is 0.0162. The Kier molecular flexibility index (Phi) is 7.09. The minimum Gasteiger partial charge on any atom is -0.325 e. The molecule has 3 rings (SSSR count). The van der Waals surface area contributed by atoms with Crippen LogP contribution in [0.3, 0.4) is 0 Å². The lowest BCUT2D eigenvalue weighted by molar-refractivity contribution is -0.115. The van der Waals surface area contributed by atoms with Crippen molar-refractivity contribution in [3.63, 3.8) is 0 Å². The summed E-state index contributed by atoms with van der Waals surface area (Å²) < 4.78 is 0. The minimum atomic E-state index is -0.521. The lowest BCUT2D eigenvalue weighted by atomic mass is 9.86. The highest BCUT2D eigenvalue weighted by atomic mass is 32.2. The number of H-pyrrole nitrogens is 1. The van der Waals surface area contributed by atoms with Gasteiger partial charge in [0.1, 0.15) is 11.6 Å². The Balaban J connectivity index is 1.88. The molecule has 1 atom stereocenters. The molecule has 0 spiro atoms. The molecule has 0 aliphatic heterocycles. The molecule has 33 heavy (non-hydrogen) atoms. The second-order valence-corrected chi connectivity index (χ2v) is 10.4. The number of aromatic amines is 1. The Hall–Kier alpha value is -3.37. The third-order valence-corrected chi connectivity index (χ3v) is 6.33. The Bertz CT molecular complexity index is 1280. The molecule has 1 aromatic heterocycles. The topological polar surface area (TPSA) is 98.6 Å². The van der Waals surface area contributed by atoms with Gasteiger partial charge in [-0.1, -0.05) is 68.9 Å². The number of aryl methyl sites for hydroxylation is 2. The van der Waals surface area contributed by atoms with E-state index in [4.69, 9.17) is 0 Å². The molecule has 2 aromatic carbocycles. The van der Waals surface area contributed by atoms with Crippen molar-refractivity contribution in [3.8, 4) is 17.3 Å². The number of aromatic nitrogens is 2. The number of carbonyl (C=O) groups excluding carboxylic acids is 1. The number of nitriles is 1. The zero-order valence-electron chi connectivity index (χ0n) is 19.7. The average molecular weight is 461 g/mol. The molecule has 0 saturated heterocycles. The van der Waals surface area contributed by atoms with Crippen LogP contribution in [0.4, 0.5) is 5.69 Å². The van der Waals surface area contributed by atoms with E-state index in [-0.39, 0.29) is 22.0 Å². The molecule has 0 aliphatic rings. The van der Waals surface area contributed by atoms with E-state index in [0.717, 1.165) is 34.1 Å². The number of nitrogens with one attached hydrogen (secondary N) is 2.